The summed E-state index contributed by atoms with van der Waals surface area (Å²) in [5.41, 5.74) is 1.59. The molecular weight excluding hydrogens is 322 g/mol. The highest BCUT2D eigenvalue weighted by Gasteiger charge is 2.33. The van der Waals surface area contributed by atoms with Crippen molar-refractivity contribution in [2.75, 3.05) is 6.54 Å². The van der Waals surface area contributed by atoms with Crippen LogP contribution in [0.1, 0.15) is 39.9 Å². The summed E-state index contributed by atoms with van der Waals surface area (Å²) in [5.74, 6) is -0.210. The number of carbonyl (C=O) groups is 1. The average molecular weight is 339 g/mol. The van der Waals surface area contributed by atoms with Gasteiger partial charge in [0.25, 0.3) is 11.5 Å². The monoisotopic (exact) mass is 339 g/mol. The lowest BCUT2D eigenvalue weighted by atomic mass is 10.2. The number of aromatic nitrogens is 2. The lowest BCUT2D eigenvalue weighted by Crippen LogP contribution is -2.34. The molecule has 5 nitrogen and oxygen atoms in total. The zero-order valence-corrected chi connectivity index (χ0v) is 14.1. The molecule has 1 saturated heterocycles. The maximum atomic E-state index is 12.9. The van der Waals surface area contributed by atoms with Crippen LogP contribution < -0.4 is 5.56 Å². The van der Waals surface area contributed by atoms with E-state index in [0.29, 0.717) is 6.54 Å². The summed E-state index contributed by atoms with van der Waals surface area (Å²) in [6, 6.07) is 11.3. The molecule has 1 fully saturated rings. The summed E-state index contributed by atoms with van der Waals surface area (Å²) >= 11 is 1.63. The molecule has 2 aromatic heterocycles. The number of para-hydroxylation sites is 1. The third-order valence-electron chi connectivity index (χ3n) is 4.39. The molecule has 1 aliphatic heterocycles. The number of carbonyl (C=O) groups excluding carboxylic acids is 1. The minimum atomic E-state index is -0.324. The standard InChI is InChI=1S/C18H17N3O2S/c1-11-8-9-12(16(22)19-11)18(23)21-10-4-6-14(21)17-20-13-5-2-3-7-15(13)24-17/h2-3,5,7-9,14H,4,6,10H2,1H3,(H,19,22). The molecule has 4 rings (SSSR count). The van der Waals surface area contributed by atoms with E-state index in [-0.39, 0.29) is 23.1 Å². The average Bonchev–Trinajstić information content (AvgIpc) is 3.20. The van der Waals surface area contributed by atoms with Crippen molar-refractivity contribution in [1.82, 2.24) is 14.9 Å². The molecule has 1 amide bonds. The molecule has 1 aromatic carbocycles. The zero-order chi connectivity index (χ0) is 16.7. The number of H-pyrrole nitrogens is 1. The van der Waals surface area contributed by atoms with E-state index in [2.05, 4.69) is 4.98 Å². The number of aryl methyl sites for hydroxylation is 1. The molecule has 1 unspecified atom stereocenters. The Morgan fingerprint density at radius 2 is 2.12 bits per heavy atom. The normalized spacial score (nSPS) is 17.5. The SMILES string of the molecule is Cc1ccc(C(=O)N2CCCC2c2nc3ccccc3s2)c(=O)[nH]1. The molecule has 1 aliphatic rings. The van der Waals surface area contributed by atoms with E-state index in [1.807, 2.05) is 24.3 Å². The van der Waals surface area contributed by atoms with E-state index in [1.54, 1.807) is 35.3 Å². The molecule has 0 spiro atoms. The number of nitrogens with one attached hydrogen (secondary N) is 1. The van der Waals surface area contributed by atoms with Crippen molar-refractivity contribution in [3.05, 3.63) is 63.0 Å². The Morgan fingerprint density at radius 3 is 2.92 bits per heavy atom. The number of thiazole rings is 1. The fourth-order valence-electron chi connectivity index (χ4n) is 3.19. The van der Waals surface area contributed by atoms with Crippen LogP contribution in [0, 0.1) is 6.92 Å². The Hall–Kier alpha value is -2.47. The van der Waals surface area contributed by atoms with Gasteiger partial charge in [0, 0.05) is 12.2 Å². The van der Waals surface area contributed by atoms with Gasteiger partial charge in [-0.2, -0.15) is 0 Å². The fraction of sp³-hybridized carbons (Fsp3) is 0.278. The number of rotatable bonds is 2. The maximum Gasteiger partial charge on any atom is 0.260 e. The third kappa shape index (κ3) is 2.53. The first kappa shape index (κ1) is 15.1. The van der Waals surface area contributed by atoms with Crippen molar-refractivity contribution < 1.29 is 4.79 Å². The van der Waals surface area contributed by atoms with Gasteiger partial charge in [0.1, 0.15) is 10.6 Å². The molecule has 1 N–H and O–H groups in total. The van der Waals surface area contributed by atoms with E-state index >= 15 is 0 Å². The number of pyridine rings is 1. The van der Waals surface area contributed by atoms with E-state index in [9.17, 15) is 9.59 Å². The van der Waals surface area contributed by atoms with Crippen LogP contribution in [0.2, 0.25) is 0 Å². The van der Waals surface area contributed by atoms with Crippen LogP contribution in [0.5, 0.6) is 0 Å². The van der Waals surface area contributed by atoms with E-state index in [1.165, 1.54) is 0 Å². The zero-order valence-electron chi connectivity index (χ0n) is 13.3. The largest absolute Gasteiger partial charge is 0.329 e. The first-order valence-corrected chi connectivity index (χ1v) is 8.81. The molecule has 6 heteroatoms. The van der Waals surface area contributed by atoms with Crippen LogP contribution in [-0.4, -0.2) is 27.3 Å². The second kappa shape index (κ2) is 5.87. The van der Waals surface area contributed by atoms with Gasteiger partial charge in [-0.05, 0) is 44.0 Å². The second-order valence-corrected chi connectivity index (χ2v) is 7.12. The number of amides is 1. The summed E-state index contributed by atoms with van der Waals surface area (Å²) < 4.78 is 1.12. The quantitative estimate of drug-likeness (QED) is 0.779. The number of hydrogen-bond acceptors (Lipinski definition) is 4. The Balaban J connectivity index is 1.69. The van der Waals surface area contributed by atoms with Crippen LogP contribution in [0.3, 0.4) is 0 Å². The number of benzene rings is 1. The van der Waals surface area contributed by atoms with Gasteiger partial charge in [-0.25, -0.2) is 4.98 Å². The van der Waals surface area contributed by atoms with Crippen molar-refractivity contribution in [3.8, 4) is 0 Å². The molecule has 3 aromatic rings. The van der Waals surface area contributed by atoms with Gasteiger partial charge in [-0.15, -0.1) is 11.3 Å². The van der Waals surface area contributed by atoms with Crippen molar-refractivity contribution in [1.29, 1.82) is 0 Å². The van der Waals surface area contributed by atoms with Crippen LogP contribution in [0.25, 0.3) is 10.2 Å². The van der Waals surface area contributed by atoms with Gasteiger partial charge >= 0.3 is 0 Å². The number of likely N-dealkylation sites (tertiary alicyclic amines) is 1. The van der Waals surface area contributed by atoms with Crippen LogP contribution in [0.4, 0.5) is 0 Å². The van der Waals surface area contributed by atoms with Crippen LogP contribution in [0.15, 0.2) is 41.2 Å². The highest BCUT2D eigenvalue weighted by molar-refractivity contribution is 7.18. The highest BCUT2D eigenvalue weighted by atomic mass is 32.1. The predicted octanol–water partition coefficient (Wildman–Crippen LogP) is 3.27. The van der Waals surface area contributed by atoms with Gasteiger partial charge in [0.05, 0.1) is 16.3 Å². The molecule has 0 aliphatic carbocycles. The van der Waals surface area contributed by atoms with Gasteiger partial charge in [0.15, 0.2) is 0 Å². The molecular formula is C18H17N3O2S. The minimum absolute atomic E-state index is 0.0457. The molecule has 0 saturated carbocycles. The lowest BCUT2D eigenvalue weighted by Gasteiger charge is -2.22. The van der Waals surface area contributed by atoms with Crippen molar-refractivity contribution in [2.45, 2.75) is 25.8 Å². The summed E-state index contributed by atoms with van der Waals surface area (Å²) in [6.07, 6.45) is 1.81. The highest BCUT2D eigenvalue weighted by Crippen LogP contribution is 2.36. The Bertz CT molecular complexity index is 943. The van der Waals surface area contributed by atoms with Crippen LogP contribution >= 0.6 is 11.3 Å². The van der Waals surface area contributed by atoms with E-state index in [0.717, 1.165) is 33.8 Å². The Labute approximate surface area is 143 Å². The first-order chi connectivity index (χ1) is 11.6. The Kier molecular flexibility index (Phi) is 3.69. The molecule has 24 heavy (non-hydrogen) atoms. The number of hydrogen-bond donors (Lipinski definition) is 1. The number of fused-ring (bicyclic) bond motifs is 1. The van der Waals surface area contributed by atoms with Gasteiger partial charge in [0.2, 0.25) is 0 Å². The molecule has 0 bridgehead atoms. The summed E-state index contributed by atoms with van der Waals surface area (Å²) in [7, 11) is 0. The van der Waals surface area contributed by atoms with E-state index in [4.69, 9.17) is 4.98 Å². The Morgan fingerprint density at radius 1 is 1.29 bits per heavy atom. The van der Waals surface area contributed by atoms with Gasteiger partial charge in [-0.3, -0.25) is 9.59 Å². The number of aromatic amines is 1. The van der Waals surface area contributed by atoms with Crippen LogP contribution in [-0.2, 0) is 0 Å². The molecule has 1 atom stereocenters. The smallest absolute Gasteiger partial charge is 0.260 e. The maximum absolute atomic E-state index is 12.9. The van der Waals surface area contributed by atoms with Crippen molar-refractivity contribution >= 4 is 27.5 Å². The summed E-state index contributed by atoms with van der Waals surface area (Å²) in [6.45, 7) is 2.46. The summed E-state index contributed by atoms with van der Waals surface area (Å²) in [4.78, 5) is 34.2. The van der Waals surface area contributed by atoms with Crippen molar-refractivity contribution in [3.63, 3.8) is 0 Å². The second-order valence-electron chi connectivity index (χ2n) is 6.06. The molecule has 0 radical (unpaired) electrons. The first-order valence-electron chi connectivity index (χ1n) is 8.00. The topological polar surface area (TPSA) is 66.1 Å². The molecule has 122 valence electrons. The summed E-state index contributed by atoms with van der Waals surface area (Å²) in [5, 5.41) is 0.950. The van der Waals surface area contributed by atoms with Gasteiger partial charge < -0.3 is 9.88 Å². The molecule has 3 heterocycles. The van der Waals surface area contributed by atoms with Crippen molar-refractivity contribution in [2.24, 2.45) is 0 Å². The predicted molar refractivity (Wildman–Crippen MR) is 94.4 cm³/mol. The van der Waals surface area contributed by atoms with E-state index < -0.39 is 0 Å². The van der Waals surface area contributed by atoms with Gasteiger partial charge in [-0.1, -0.05) is 12.1 Å². The fourth-order valence-corrected chi connectivity index (χ4v) is 4.31. The number of nitrogens with zero attached hydrogens (tertiary/aromatic N) is 2. The lowest BCUT2D eigenvalue weighted by molar-refractivity contribution is 0.0733. The third-order valence-corrected chi connectivity index (χ3v) is 5.53. The minimum Gasteiger partial charge on any atom is -0.329 e.